The molecule has 2 atom stereocenters. The van der Waals surface area contributed by atoms with Crippen molar-refractivity contribution in [2.75, 3.05) is 62.5 Å². The predicted octanol–water partition coefficient (Wildman–Crippen LogP) is 5.51. The minimum atomic E-state index is -0.595. The molecule has 3 aromatic heterocycles. The summed E-state index contributed by atoms with van der Waals surface area (Å²) < 4.78 is 18.6. The van der Waals surface area contributed by atoms with Crippen LogP contribution in [0.1, 0.15) is 111 Å². The fourth-order valence-electron chi connectivity index (χ4n) is 9.12. The van der Waals surface area contributed by atoms with Gasteiger partial charge in [0.25, 0.3) is 5.91 Å². The van der Waals surface area contributed by atoms with Crippen molar-refractivity contribution in [2.24, 2.45) is 0 Å². The molecule has 0 unspecified atom stereocenters. The summed E-state index contributed by atoms with van der Waals surface area (Å²) in [6, 6.07) is 13.4. The highest BCUT2D eigenvalue weighted by atomic mass is 16.5. The molecule has 2 aliphatic heterocycles. The van der Waals surface area contributed by atoms with Gasteiger partial charge in [0.1, 0.15) is 34.4 Å². The van der Waals surface area contributed by atoms with Crippen molar-refractivity contribution < 1.29 is 42.8 Å². The van der Waals surface area contributed by atoms with Gasteiger partial charge in [-0.3, -0.25) is 38.6 Å². The number of allylic oxidation sites excluding steroid dienone is 1. The summed E-state index contributed by atoms with van der Waals surface area (Å²) in [6.07, 6.45) is 10.4. The maximum atomic E-state index is 13.6. The van der Waals surface area contributed by atoms with Crippen molar-refractivity contribution in [3.8, 4) is 17.0 Å². The second kappa shape index (κ2) is 22.0. The monoisotopic (exact) mass is 971 g/mol. The topological polar surface area (TPSA) is 258 Å². The highest BCUT2D eigenvalue weighted by Gasteiger charge is 2.32. The third kappa shape index (κ3) is 12.1. The summed E-state index contributed by atoms with van der Waals surface area (Å²) in [4.78, 5) is 90.2. The largest absolute Gasteiger partial charge is 0.495 e. The van der Waals surface area contributed by atoms with Crippen molar-refractivity contribution in [1.29, 1.82) is 0 Å². The van der Waals surface area contributed by atoms with Gasteiger partial charge in [0.2, 0.25) is 23.6 Å². The molecular formula is C51H61N11O9. The lowest BCUT2D eigenvalue weighted by atomic mass is 9.85. The smallest absolute Gasteiger partial charge is 0.328 e. The molecule has 6 N–H and O–H groups in total. The van der Waals surface area contributed by atoms with E-state index in [9.17, 15) is 28.8 Å². The number of amides is 7. The number of carbonyl (C=O) groups excluding carboxylic acids is 6. The first-order chi connectivity index (χ1) is 34.1. The minimum Gasteiger partial charge on any atom is -0.495 e. The van der Waals surface area contributed by atoms with Gasteiger partial charge in [-0.05, 0) is 61.9 Å². The number of fused-ring (bicyclic) bond motifs is 3. The average molecular weight is 972 g/mol. The van der Waals surface area contributed by atoms with Crippen molar-refractivity contribution >= 4 is 64.5 Å². The summed E-state index contributed by atoms with van der Waals surface area (Å²) >= 11 is 0. The van der Waals surface area contributed by atoms with Gasteiger partial charge in [0.05, 0.1) is 57.3 Å². The molecule has 71 heavy (non-hydrogen) atoms. The Bertz CT molecular complexity index is 2830. The number of aromatic nitrogens is 4. The van der Waals surface area contributed by atoms with Crippen molar-refractivity contribution in [2.45, 2.75) is 95.9 Å². The molecule has 2 aromatic carbocycles. The fraction of sp³-hybridized carbons (Fsp3) is 0.431. The van der Waals surface area contributed by atoms with Gasteiger partial charge in [-0.2, -0.15) is 0 Å². The van der Waals surface area contributed by atoms with Crippen LogP contribution in [0.3, 0.4) is 0 Å². The summed E-state index contributed by atoms with van der Waals surface area (Å²) in [6.45, 7) is 6.82. The quantitative estimate of drug-likeness (QED) is 0.0913. The Morgan fingerprint density at radius 1 is 0.986 bits per heavy atom. The van der Waals surface area contributed by atoms with Crippen LogP contribution in [-0.2, 0) is 35.8 Å². The number of hydrogen-bond acceptors (Lipinski definition) is 13. The van der Waals surface area contributed by atoms with E-state index in [4.69, 9.17) is 24.7 Å². The second-order valence-corrected chi connectivity index (χ2v) is 19.1. The molecule has 8 rings (SSSR count). The molecule has 0 radical (unpaired) electrons. The molecule has 1 saturated heterocycles. The van der Waals surface area contributed by atoms with Crippen LogP contribution in [0.2, 0.25) is 0 Å². The molecule has 1 aliphatic carbocycles. The predicted molar refractivity (Wildman–Crippen MR) is 265 cm³/mol. The Labute approximate surface area is 411 Å². The molecule has 2 fully saturated rings. The standard InChI is InChI=1S/C51H61N11O9/c1-51(2,3)39-28-40(59-71-39)56-42(64)25-31-12-14-32(15-13-31)45-46-47(52)54-29-36-11-6-5-7-21-60(30-43(65)55-35-10-8-9-33(26-35)48(58-45)62(36)46)44(66)19-23-70-24-20-53-49(67)34-16-17-38(69-4)37(27-34)61-22-18-41(63)57-50(61)68/h6,11-17,27-29,33,35H,5,7-10,18-26,30H2,1-4H3,(H2,52,54)(H,53,67)(H,55,65)(H,56,59,64)(H,57,63,68)/b11-6+/t33-,35-/m1/s1. The number of nitrogens with two attached hydrogens (primary N) is 1. The van der Waals surface area contributed by atoms with Crippen LogP contribution in [-0.4, -0.2) is 113 Å². The molecule has 0 spiro atoms. The number of nitrogen functional groups attached to an aromatic ring is 1. The van der Waals surface area contributed by atoms with Gasteiger partial charge in [0, 0.05) is 60.6 Å². The Morgan fingerprint density at radius 3 is 2.56 bits per heavy atom. The van der Waals surface area contributed by atoms with E-state index in [1.165, 1.54) is 18.1 Å². The lowest BCUT2D eigenvalue weighted by Crippen LogP contribution is -2.49. The number of imide groups is 1. The number of ether oxygens (including phenoxy) is 2. The molecule has 20 heteroatoms. The number of nitrogens with one attached hydrogen (secondary N) is 4. The average Bonchev–Trinajstić information content (AvgIpc) is 3.99. The van der Waals surface area contributed by atoms with Crippen LogP contribution in [0.5, 0.6) is 5.75 Å². The molecule has 2 bridgehead atoms. The van der Waals surface area contributed by atoms with E-state index in [-0.39, 0.29) is 98.7 Å². The van der Waals surface area contributed by atoms with Crippen molar-refractivity contribution in [3.05, 3.63) is 89.2 Å². The van der Waals surface area contributed by atoms with E-state index in [0.29, 0.717) is 65.9 Å². The number of nitrogens with zero attached hydrogens (tertiary/aromatic N) is 6. The highest BCUT2D eigenvalue weighted by molar-refractivity contribution is 6.07. The summed E-state index contributed by atoms with van der Waals surface area (Å²) in [5, 5.41) is 15.1. The van der Waals surface area contributed by atoms with Gasteiger partial charge in [-0.15, -0.1) is 0 Å². The van der Waals surface area contributed by atoms with Gasteiger partial charge >= 0.3 is 6.03 Å². The van der Waals surface area contributed by atoms with Crippen LogP contribution in [0.15, 0.2) is 65.3 Å². The molecule has 5 aromatic rings. The van der Waals surface area contributed by atoms with Gasteiger partial charge in [-0.25, -0.2) is 14.8 Å². The Kier molecular flexibility index (Phi) is 15.4. The first-order valence-electron chi connectivity index (χ1n) is 24.1. The zero-order valence-corrected chi connectivity index (χ0v) is 40.5. The van der Waals surface area contributed by atoms with Crippen LogP contribution >= 0.6 is 0 Å². The number of methoxy groups -OCH3 is 1. The maximum absolute atomic E-state index is 13.6. The molecule has 3 aliphatic rings. The number of benzene rings is 2. The number of imidazole rings is 1. The van der Waals surface area contributed by atoms with E-state index in [2.05, 4.69) is 35.8 Å². The van der Waals surface area contributed by atoms with Gasteiger partial charge < -0.3 is 40.6 Å². The van der Waals surface area contributed by atoms with E-state index in [1.807, 2.05) is 57.2 Å². The van der Waals surface area contributed by atoms with Crippen LogP contribution < -0.4 is 36.6 Å². The normalized spacial score (nSPS) is 18.2. The molecular weight excluding hydrogens is 911 g/mol. The molecule has 7 amide bonds. The second-order valence-electron chi connectivity index (χ2n) is 19.1. The zero-order valence-electron chi connectivity index (χ0n) is 40.5. The van der Waals surface area contributed by atoms with Gasteiger partial charge in [-0.1, -0.05) is 62.7 Å². The summed E-state index contributed by atoms with van der Waals surface area (Å²) in [7, 11) is 1.45. The Morgan fingerprint density at radius 2 is 1.80 bits per heavy atom. The van der Waals surface area contributed by atoms with E-state index in [0.717, 1.165) is 41.9 Å². The van der Waals surface area contributed by atoms with E-state index in [1.54, 1.807) is 29.3 Å². The number of hydrogen-bond donors (Lipinski definition) is 5. The Balaban J connectivity index is 0.884. The van der Waals surface area contributed by atoms with Crippen molar-refractivity contribution in [1.82, 2.24) is 40.4 Å². The maximum Gasteiger partial charge on any atom is 0.328 e. The van der Waals surface area contributed by atoms with Crippen LogP contribution in [0, 0.1) is 0 Å². The van der Waals surface area contributed by atoms with Crippen molar-refractivity contribution in [3.63, 3.8) is 0 Å². The SMILES string of the molecule is COc1ccc(C(=O)NCCOCCC(=O)N2CCC/C=C/c3cnc(N)c4c(-c5ccc(CC(=O)Nc6cc(C(C)(C)C)on6)cc5)nc(n34)[C@@H]3CCC[C@H](C3)NC(=O)C2)cc1N1CCC(=O)NC1=O. The van der Waals surface area contributed by atoms with E-state index < -0.39 is 11.9 Å². The van der Waals surface area contributed by atoms with Crippen LogP contribution in [0.4, 0.5) is 22.1 Å². The lowest BCUT2D eigenvalue weighted by molar-refractivity contribution is -0.137. The molecule has 20 nitrogen and oxygen atoms in total. The highest BCUT2D eigenvalue weighted by Crippen LogP contribution is 2.38. The van der Waals surface area contributed by atoms with Crippen LogP contribution in [0.25, 0.3) is 22.9 Å². The molecule has 374 valence electrons. The van der Waals surface area contributed by atoms with Gasteiger partial charge in [0.15, 0.2) is 5.82 Å². The number of rotatable bonds is 13. The Hall–Kier alpha value is -7.61. The number of carbonyl (C=O) groups is 6. The fourth-order valence-corrected chi connectivity index (χ4v) is 9.12. The lowest BCUT2D eigenvalue weighted by Gasteiger charge is -2.30. The third-order valence-corrected chi connectivity index (χ3v) is 12.8. The van der Waals surface area contributed by atoms with E-state index >= 15 is 0 Å². The summed E-state index contributed by atoms with van der Waals surface area (Å²) in [5.41, 5.74) is 10.9. The molecule has 1 saturated carbocycles. The first kappa shape index (κ1) is 49.8. The number of anilines is 3. The first-order valence-corrected chi connectivity index (χ1v) is 24.1. The third-order valence-electron chi connectivity index (χ3n) is 12.8. The summed E-state index contributed by atoms with van der Waals surface area (Å²) in [5.74, 6) is 1.12. The molecule has 5 heterocycles. The number of urea groups is 1. The minimum absolute atomic E-state index is 0.0168. The zero-order chi connectivity index (χ0) is 50.2.